The van der Waals surface area contributed by atoms with Crippen molar-refractivity contribution in [3.63, 3.8) is 0 Å². The van der Waals surface area contributed by atoms with E-state index in [4.69, 9.17) is 9.72 Å². The molecule has 6 rings (SSSR count). The monoisotopic (exact) mass is 617 g/mol. The zero-order chi connectivity index (χ0) is 32.0. The van der Waals surface area contributed by atoms with Crippen LogP contribution < -0.4 is 0 Å². The number of Topliss-reactive ketones (excluding diaryl/α,β-unsaturated/α-hetero) is 1. The Labute approximate surface area is 266 Å². The van der Waals surface area contributed by atoms with Gasteiger partial charge in [0.15, 0.2) is 11.8 Å². The molecule has 11 nitrogen and oxygen atoms in total. The predicted molar refractivity (Wildman–Crippen MR) is 171 cm³/mol. The Morgan fingerprint density at radius 1 is 0.935 bits per heavy atom. The quantitative estimate of drug-likeness (QED) is 0.124. The lowest BCUT2D eigenvalue weighted by Gasteiger charge is -2.34. The van der Waals surface area contributed by atoms with Gasteiger partial charge in [0, 0.05) is 37.1 Å². The number of nitrogens with one attached hydrogen (secondary N) is 1. The number of aromatic nitrogens is 6. The number of rotatable bonds is 11. The second-order valence-corrected chi connectivity index (χ2v) is 11.1. The van der Waals surface area contributed by atoms with Crippen molar-refractivity contribution in [2.75, 3.05) is 13.2 Å². The van der Waals surface area contributed by atoms with Gasteiger partial charge in [0.25, 0.3) is 0 Å². The van der Waals surface area contributed by atoms with E-state index in [0.717, 1.165) is 40.2 Å². The van der Waals surface area contributed by atoms with Gasteiger partial charge in [0.2, 0.25) is 11.7 Å². The topological polar surface area (TPSA) is 136 Å². The molecule has 1 N–H and O–H groups in total. The van der Waals surface area contributed by atoms with Crippen LogP contribution >= 0.6 is 0 Å². The number of amides is 1. The number of benzene rings is 3. The summed E-state index contributed by atoms with van der Waals surface area (Å²) in [6.07, 6.45) is 1.71. The summed E-state index contributed by atoms with van der Waals surface area (Å²) in [5.41, 5.74) is 5.73. The number of esters is 1. The van der Waals surface area contributed by atoms with Crippen LogP contribution in [0.15, 0.2) is 78.9 Å². The summed E-state index contributed by atoms with van der Waals surface area (Å²) in [5.74, 6) is 0.139. The number of carbonyl (C=O) groups is 3. The van der Waals surface area contributed by atoms with Gasteiger partial charge in [0.05, 0.1) is 24.4 Å². The standard InChI is InChI=1S/C35H35N7O4/c1-3-10-30-36-28-19-20-41(31(44)21-29(43)25-11-6-5-7-12-25)33(35(45)46-4-2)32(28)42(30)22-23-15-17-24(18-16-23)26-13-8-9-14-27(26)34-37-39-40-38-34/h5-9,11-18,33H,3-4,10,19-22H2,1-2H3,(H,37,38,39,40). The van der Waals surface area contributed by atoms with Gasteiger partial charge in [-0.25, -0.2) is 9.78 Å². The van der Waals surface area contributed by atoms with Crippen LogP contribution in [0.25, 0.3) is 22.5 Å². The van der Waals surface area contributed by atoms with E-state index < -0.39 is 17.9 Å². The van der Waals surface area contributed by atoms with Crippen LogP contribution in [-0.2, 0) is 33.7 Å². The van der Waals surface area contributed by atoms with Crippen molar-refractivity contribution in [2.45, 2.75) is 52.1 Å². The van der Waals surface area contributed by atoms with Crippen LogP contribution in [0.1, 0.15) is 65.9 Å². The van der Waals surface area contributed by atoms with Gasteiger partial charge in [-0.2, -0.15) is 5.21 Å². The van der Waals surface area contributed by atoms with E-state index >= 15 is 0 Å². The number of hydrogen-bond donors (Lipinski definition) is 1. The Kier molecular flexibility index (Phi) is 9.09. The first-order valence-electron chi connectivity index (χ1n) is 15.5. The molecule has 234 valence electrons. The van der Waals surface area contributed by atoms with Gasteiger partial charge in [-0.3, -0.25) is 9.59 Å². The first-order valence-corrected chi connectivity index (χ1v) is 15.5. The molecule has 0 saturated carbocycles. The summed E-state index contributed by atoms with van der Waals surface area (Å²) < 4.78 is 7.57. The minimum Gasteiger partial charge on any atom is -0.464 e. The van der Waals surface area contributed by atoms with Gasteiger partial charge in [-0.15, -0.1) is 10.2 Å². The SMILES string of the molecule is CCCc1nc2c(n1Cc1ccc(-c3ccccc3-c3nn[nH]n3)cc1)C(C(=O)OCC)N(C(=O)CC(=O)c1ccccc1)CC2. The normalized spacial score (nSPS) is 14.1. The fraction of sp³-hybridized carbons (Fsp3) is 0.286. The number of H-pyrrole nitrogens is 1. The van der Waals surface area contributed by atoms with E-state index in [-0.39, 0.29) is 25.4 Å². The first-order chi connectivity index (χ1) is 22.5. The molecule has 0 spiro atoms. The van der Waals surface area contributed by atoms with Gasteiger partial charge in [0.1, 0.15) is 5.82 Å². The van der Waals surface area contributed by atoms with Gasteiger partial charge in [-0.1, -0.05) is 85.8 Å². The molecule has 2 aromatic heterocycles. The molecule has 0 bridgehead atoms. The molecule has 0 radical (unpaired) electrons. The maximum Gasteiger partial charge on any atom is 0.335 e. The van der Waals surface area contributed by atoms with Gasteiger partial charge >= 0.3 is 5.97 Å². The van der Waals surface area contributed by atoms with Crippen LogP contribution in [-0.4, -0.2) is 65.9 Å². The lowest BCUT2D eigenvalue weighted by atomic mass is 9.98. The van der Waals surface area contributed by atoms with E-state index in [1.165, 1.54) is 4.90 Å². The van der Waals surface area contributed by atoms with E-state index in [0.29, 0.717) is 36.5 Å². The Morgan fingerprint density at radius 3 is 2.37 bits per heavy atom. The van der Waals surface area contributed by atoms with Crippen LogP contribution in [0, 0.1) is 0 Å². The summed E-state index contributed by atoms with van der Waals surface area (Å²) >= 11 is 0. The van der Waals surface area contributed by atoms with Crippen molar-refractivity contribution < 1.29 is 19.1 Å². The minimum absolute atomic E-state index is 0.165. The molecule has 0 fully saturated rings. The third kappa shape index (κ3) is 6.21. The molecule has 0 aliphatic carbocycles. The van der Waals surface area contributed by atoms with E-state index in [1.54, 1.807) is 31.2 Å². The van der Waals surface area contributed by atoms with E-state index in [9.17, 15) is 14.4 Å². The number of ketones is 1. The Morgan fingerprint density at radius 2 is 1.67 bits per heavy atom. The first kappa shape index (κ1) is 30.6. The maximum atomic E-state index is 13.7. The van der Waals surface area contributed by atoms with E-state index in [1.807, 2.05) is 54.6 Å². The molecular formula is C35H35N7O4. The molecular weight excluding hydrogens is 582 g/mol. The van der Waals surface area contributed by atoms with Crippen LogP contribution in [0.2, 0.25) is 0 Å². The summed E-state index contributed by atoms with van der Waals surface area (Å²) in [6.45, 7) is 4.71. The van der Waals surface area contributed by atoms with Crippen molar-refractivity contribution in [3.05, 3.63) is 107 Å². The summed E-state index contributed by atoms with van der Waals surface area (Å²) in [6, 6.07) is 23.8. The Bertz CT molecular complexity index is 1830. The van der Waals surface area contributed by atoms with Gasteiger partial charge < -0.3 is 14.2 Å². The largest absolute Gasteiger partial charge is 0.464 e. The van der Waals surface area contributed by atoms with Crippen LogP contribution in [0.5, 0.6) is 0 Å². The number of carbonyl (C=O) groups excluding carboxylic acids is 3. The van der Waals surface area contributed by atoms with Crippen LogP contribution in [0.4, 0.5) is 0 Å². The highest BCUT2D eigenvalue weighted by Gasteiger charge is 2.41. The van der Waals surface area contributed by atoms with Gasteiger partial charge in [-0.05, 0) is 35.2 Å². The molecule has 1 unspecified atom stereocenters. The minimum atomic E-state index is -1.00. The fourth-order valence-corrected chi connectivity index (χ4v) is 6.02. The highest BCUT2D eigenvalue weighted by atomic mass is 16.5. The lowest BCUT2D eigenvalue weighted by molar-refractivity contribution is -0.156. The number of aromatic amines is 1. The van der Waals surface area contributed by atoms with Crippen molar-refractivity contribution in [3.8, 4) is 22.5 Å². The number of fused-ring (bicyclic) bond motifs is 1. The molecule has 3 aromatic carbocycles. The van der Waals surface area contributed by atoms with Crippen LogP contribution in [0.3, 0.4) is 0 Å². The lowest BCUT2D eigenvalue weighted by Crippen LogP contribution is -2.45. The average Bonchev–Trinajstić information content (AvgIpc) is 3.74. The fourth-order valence-electron chi connectivity index (χ4n) is 6.02. The zero-order valence-corrected chi connectivity index (χ0v) is 25.8. The number of imidazole rings is 1. The highest BCUT2D eigenvalue weighted by molar-refractivity contribution is 6.08. The second kappa shape index (κ2) is 13.7. The number of hydrogen-bond acceptors (Lipinski definition) is 8. The number of aryl methyl sites for hydroxylation is 1. The van der Waals surface area contributed by atoms with Crippen molar-refractivity contribution in [1.29, 1.82) is 0 Å². The smallest absolute Gasteiger partial charge is 0.335 e. The molecule has 1 atom stereocenters. The molecule has 0 saturated heterocycles. The number of nitrogens with zero attached hydrogens (tertiary/aromatic N) is 6. The Balaban J connectivity index is 1.33. The number of tetrazole rings is 1. The maximum absolute atomic E-state index is 13.7. The molecule has 3 heterocycles. The molecule has 1 aliphatic rings. The molecule has 1 aliphatic heterocycles. The zero-order valence-electron chi connectivity index (χ0n) is 25.8. The predicted octanol–water partition coefficient (Wildman–Crippen LogP) is 4.99. The van der Waals surface area contributed by atoms with Crippen molar-refractivity contribution in [2.24, 2.45) is 0 Å². The summed E-state index contributed by atoms with van der Waals surface area (Å²) in [4.78, 5) is 46.7. The molecule has 11 heteroatoms. The molecule has 46 heavy (non-hydrogen) atoms. The number of ether oxygens (including phenoxy) is 1. The van der Waals surface area contributed by atoms with E-state index in [2.05, 4.69) is 32.1 Å². The third-order valence-electron chi connectivity index (χ3n) is 8.15. The molecule has 1 amide bonds. The Hall–Kier alpha value is -5.45. The second-order valence-electron chi connectivity index (χ2n) is 11.1. The summed E-state index contributed by atoms with van der Waals surface area (Å²) in [7, 11) is 0. The molecule has 5 aromatic rings. The third-order valence-corrected chi connectivity index (χ3v) is 8.15. The van der Waals surface area contributed by atoms with Crippen molar-refractivity contribution >= 4 is 17.7 Å². The average molecular weight is 618 g/mol. The highest BCUT2D eigenvalue weighted by Crippen LogP contribution is 2.34. The summed E-state index contributed by atoms with van der Waals surface area (Å²) in [5, 5.41) is 14.5. The van der Waals surface area contributed by atoms with Crippen molar-refractivity contribution in [1.82, 2.24) is 35.1 Å².